The Labute approximate surface area is 201 Å². The van der Waals surface area contributed by atoms with Gasteiger partial charge in [-0.3, -0.25) is 4.98 Å². The molecule has 1 unspecified atom stereocenters. The lowest BCUT2D eigenvalue weighted by atomic mass is 10.1. The summed E-state index contributed by atoms with van der Waals surface area (Å²) in [6.07, 6.45) is 3.78. The number of nitrogens with zero attached hydrogens (tertiary/aromatic N) is 4. The molecule has 0 aliphatic heterocycles. The van der Waals surface area contributed by atoms with Crippen LogP contribution in [0.4, 0.5) is 15.0 Å². The molecule has 5 aromatic rings. The number of carboxylic acid groups (broad SMARTS) is 1. The van der Waals surface area contributed by atoms with Gasteiger partial charge in [-0.25, -0.2) is 19.2 Å². The molecule has 0 saturated carbocycles. The fraction of sp³-hybridized carbons (Fsp3) is 0.0833. The van der Waals surface area contributed by atoms with Crippen molar-refractivity contribution in [3.05, 3.63) is 83.1 Å². The lowest BCUT2D eigenvalue weighted by Crippen LogP contribution is -2.30. The van der Waals surface area contributed by atoms with Gasteiger partial charge in [-0.15, -0.1) is 0 Å². The zero-order valence-electron chi connectivity index (χ0n) is 17.6. The van der Waals surface area contributed by atoms with E-state index < -0.39 is 18.0 Å². The van der Waals surface area contributed by atoms with Crippen molar-refractivity contribution in [1.82, 2.24) is 24.8 Å². The number of halogens is 2. The molecule has 0 aliphatic carbocycles. The number of aromatic nitrogens is 4. The second-order valence-corrected chi connectivity index (χ2v) is 8.59. The molecule has 8 nitrogen and oxygen atoms in total. The largest absolute Gasteiger partial charge is 0.465 e. The van der Waals surface area contributed by atoms with Crippen LogP contribution in [0.25, 0.3) is 33.1 Å². The Hall–Kier alpha value is -4.05. The Morgan fingerprint density at radius 2 is 2.00 bits per heavy atom. The third-order valence-corrected chi connectivity index (χ3v) is 6.29. The summed E-state index contributed by atoms with van der Waals surface area (Å²) < 4.78 is 15.9. The first-order chi connectivity index (χ1) is 16.4. The second-order valence-electron chi connectivity index (χ2n) is 7.74. The van der Waals surface area contributed by atoms with Crippen LogP contribution in [0.2, 0.25) is 0 Å². The highest BCUT2D eigenvalue weighted by Crippen LogP contribution is 2.35. The third-order valence-electron chi connectivity index (χ3n) is 5.60. The molecule has 0 saturated heterocycles. The molecule has 0 radical (unpaired) electrons. The zero-order chi connectivity index (χ0) is 23.8. The van der Waals surface area contributed by atoms with Gasteiger partial charge in [0.25, 0.3) is 0 Å². The van der Waals surface area contributed by atoms with E-state index >= 15 is 0 Å². The summed E-state index contributed by atoms with van der Waals surface area (Å²) in [5.41, 5.74) is 9.84. The molecule has 1 amide bonds. The van der Waals surface area contributed by atoms with E-state index in [1.165, 1.54) is 18.5 Å². The SMILES string of the molecule is Nc1ncnc2c1c(-c1cnc3ccccc3c1)cn2CC(NC(=O)O)c1ccc(F)cc1Br. The molecule has 170 valence electrons. The number of nitrogens with one attached hydrogen (secondary N) is 1. The van der Waals surface area contributed by atoms with Crippen LogP contribution >= 0.6 is 15.9 Å². The number of pyridine rings is 1. The monoisotopic (exact) mass is 520 g/mol. The van der Waals surface area contributed by atoms with E-state index in [0.717, 1.165) is 22.0 Å². The minimum absolute atomic E-state index is 0.185. The quantitative estimate of drug-likeness (QED) is 0.295. The minimum atomic E-state index is -1.20. The number of rotatable bonds is 5. The minimum Gasteiger partial charge on any atom is -0.465 e. The summed E-state index contributed by atoms with van der Waals surface area (Å²) in [5, 5.41) is 13.6. The molecule has 0 spiro atoms. The molecule has 1 atom stereocenters. The van der Waals surface area contributed by atoms with Gasteiger partial charge in [0.2, 0.25) is 0 Å². The average Bonchev–Trinajstić information content (AvgIpc) is 3.18. The Morgan fingerprint density at radius 3 is 2.79 bits per heavy atom. The first kappa shape index (κ1) is 21.8. The van der Waals surface area contributed by atoms with Crippen molar-refractivity contribution < 1.29 is 14.3 Å². The normalized spacial score (nSPS) is 12.2. The molecule has 3 aromatic heterocycles. The Balaban J connectivity index is 1.64. The van der Waals surface area contributed by atoms with E-state index in [0.29, 0.717) is 26.9 Å². The van der Waals surface area contributed by atoms with Crippen molar-refractivity contribution in [2.24, 2.45) is 0 Å². The number of anilines is 1. The number of carbonyl (C=O) groups is 1. The van der Waals surface area contributed by atoms with Crippen LogP contribution in [0.3, 0.4) is 0 Å². The van der Waals surface area contributed by atoms with Gasteiger partial charge in [-0.1, -0.05) is 40.2 Å². The van der Waals surface area contributed by atoms with E-state index in [1.54, 1.807) is 12.3 Å². The summed E-state index contributed by atoms with van der Waals surface area (Å²) in [6.45, 7) is 0.185. The predicted octanol–water partition coefficient (Wildman–Crippen LogP) is 5.14. The number of benzene rings is 2. The number of nitrogen functional groups attached to an aromatic ring is 1. The summed E-state index contributed by atoms with van der Waals surface area (Å²) in [5.74, 6) is -0.125. The van der Waals surface area contributed by atoms with Crippen molar-refractivity contribution in [1.29, 1.82) is 0 Å². The lowest BCUT2D eigenvalue weighted by Gasteiger charge is -2.20. The number of amides is 1. The molecule has 10 heteroatoms. The summed E-state index contributed by atoms with van der Waals surface area (Å²) in [4.78, 5) is 24.7. The second kappa shape index (κ2) is 8.71. The van der Waals surface area contributed by atoms with E-state index in [2.05, 4.69) is 36.2 Å². The average molecular weight is 521 g/mol. The van der Waals surface area contributed by atoms with Crippen LogP contribution in [0, 0.1) is 5.82 Å². The predicted molar refractivity (Wildman–Crippen MR) is 131 cm³/mol. The Morgan fingerprint density at radius 1 is 1.18 bits per heavy atom. The molecular formula is C24H18BrFN6O2. The van der Waals surface area contributed by atoms with Gasteiger partial charge in [0, 0.05) is 39.9 Å². The zero-order valence-corrected chi connectivity index (χ0v) is 19.2. The van der Waals surface area contributed by atoms with E-state index in [1.807, 2.05) is 41.1 Å². The fourth-order valence-electron chi connectivity index (χ4n) is 4.08. The van der Waals surface area contributed by atoms with Crippen LogP contribution < -0.4 is 11.1 Å². The van der Waals surface area contributed by atoms with Crippen LogP contribution in [0.15, 0.2) is 71.7 Å². The molecule has 0 bridgehead atoms. The maximum Gasteiger partial charge on any atom is 0.405 e. The maximum atomic E-state index is 13.6. The molecule has 4 N–H and O–H groups in total. The summed E-state index contributed by atoms with van der Waals surface area (Å²) in [6, 6.07) is 13.2. The van der Waals surface area contributed by atoms with Crippen molar-refractivity contribution in [3.8, 4) is 11.1 Å². The summed E-state index contributed by atoms with van der Waals surface area (Å²) >= 11 is 3.34. The number of fused-ring (bicyclic) bond motifs is 2. The van der Waals surface area contributed by atoms with Crippen LogP contribution in [-0.2, 0) is 6.54 Å². The molecular weight excluding hydrogens is 503 g/mol. The van der Waals surface area contributed by atoms with Gasteiger partial charge in [-0.05, 0) is 29.8 Å². The van der Waals surface area contributed by atoms with Crippen LogP contribution in [-0.4, -0.2) is 30.7 Å². The summed E-state index contributed by atoms with van der Waals surface area (Å²) in [7, 11) is 0. The highest BCUT2D eigenvalue weighted by Gasteiger charge is 2.22. The Kier molecular flexibility index (Phi) is 5.58. The maximum absolute atomic E-state index is 13.6. The van der Waals surface area contributed by atoms with E-state index in [-0.39, 0.29) is 6.54 Å². The van der Waals surface area contributed by atoms with Gasteiger partial charge < -0.3 is 20.7 Å². The number of hydrogen-bond donors (Lipinski definition) is 3. The van der Waals surface area contributed by atoms with E-state index in [4.69, 9.17) is 5.73 Å². The first-order valence-corrected chi connectivity index (χ1v) is 11.1. The molecule has 2 aromatic carbocycles. The molecule has 5 rings (SSSR count). The third kappa shape index (κ3) is 4.03. The van der Waals surface area contributed by atoms with Crippen molar-refractivity contribution in [2.75, 3.05) is 5.73 Å². The fourth-order valence-corrected chi connectivity index (χ4v) is 4.70. The van der Waals surface area contributed by atoms with Crippen molar-refractivity contribution in [3.63, 3.8) is 0 Å². The molecule has 3 heterocycles. The van der Waals surface area contributed by atoms with Gasteiger partial charge in [-0.2, -0.15) is 0 Å². The van der Waals surface area contributed by atoms with Gasteiger partial charge in [0.1, 0.15) is 23.6 Å². The number of para-hydroxylation sites is 1. The Bertz CT molecular complexity index is 1550. The van der Waals surface area contributed by atoms with Crippen LogP contribution in [0.5, 0.6) is 0 Å². The number of hydrogen-bond acceptors (Lipinski definition) is 5. The van der Waals surface area contributed by atoms with E-state index in [9.17, 15) is 14.3 Å². The van der Waals surface area contributed by atoms with Gasteiger partial charge in [0.15, 0.2) is 0 Å². The van der Waals surface area contributed by atoms with Crippen LogP contribution in [0.1, 0.15) is 11.6 Å². The highest BCUT2D eigenvalue weighted by atomic mass is 79.9. The number of nitrogens with two attached hydrogens (primary N) is 1. The molecule has 0 fully saturated rings. The van der Waals surface area contributed by atoms with Crippen molar-refractivity contribution >= 4 is 49.8 Å². The standard InChI is InChI=1S/C24H18BrFN6O2/c25-18-8-15(26)5-6-16(18)20(31-24(33)34)11-32-10-17(21-22(27)29-12-30-23(21)32)14-7-13-3-1-2-4-19(13)28-9-14/h1-10,12,20,31H,11H2,(H,33,34)(H2,27,29,30). The highest BCUT2D eigenvalue weighted by molar-refractivity contribution is 9.10. The van der Waals surface area contributed by atoms with Gasteiger partial charge in [0.05, 0.1) is 16.9 Å². The topological polar surface area (TPSA) is 119 Å². The smallest absolute Gasteiger partial charge is 0.405 e. The molecule has 34 heavy (non-hydrogen) atoms. The first-order valence-electron chi connectivity index (χ1n) is 10.3. The van der Waals surface area contributed by atoms with Crippen molar-refractivity contribution in [2.45, 2.75) is 12.6 Å². The molecule has 0 aliphatic rings. The lowest BCUT2D eigenvalue weighted by molar-refractivity contribution is 0.188. The van der Waals surface area contributed by atoms with Gasteiger partial charge >= 0.3 is 6.09 Å².